The molecule has 1 aromatic carbocycles. The smallest absolute Gasteiger partial charge is 0.377 e. The molecule has 1 saturated heterocycles. The van der Waals surface area contributed by atoms with Gasteiger partial charge in [-0.3, -0.25) is 4.90 Å². The van der Waals surface area contributed by atoms with Crippen LogP contribution in [0.4, 0.5) is 14.5 Å². The third-order valence-corrected chi connectivity index (χ3v) is 3.91. The number of esters is 1. The lowest BCUT2D eigenvalue weighted by Gasteiger charge is -2.30. The average Bonchev–Trinajstić information content (AvgIpc) is 2.64. The lowest BCUT2D eigenvalue weighted by molar-refractivity contribution is -0.159. The quantitative estimate of drug-likeness (QED) is 0.661. The first-order valence-electron chi connectivity index (χ1n) is 6.63. The molecule has 20 heavy (non-hydrogen) atoms. The zero-order chi connectivity index (χ0) is 14.3. The number of carbonyl (C=O) groups excluding carboxylic acids is 1. The van der Waals surface area contributed by atoms with Crippen molar-refractivity contribution in [1.82, 2.24) is 4.90 Å². The van der Waals surface area contributed by atoms with Crippen molar-refractivity contribution in [3.05, 3.63) is 29.3 Å². The van der Waals surface area contributed by atoms with Gasteiger partial charge in [0.1, 0.15) is 6.10 Å². The number of anilines is 1. The van der Waals surface area contributed by atoms with E-state index in [1.807, 2.05) is 23.1 Å². The molecule has 2 aliphatic heterocycles. The molecule has 1 aromatic rings. The summed E-state index contributed by atoms with van der Waals surface area (Å²) >= 11 is 0. The van der Waals surface area contributed by atoms with Crippen LogP contribution in [0.2, 0.25) is 0 Å². The summed E-state index contributed by atoms with van der Waals surface area (Å²) in [6.07, 6.45) is -0.430. The normalized spacial score (nSPS) is 25.3. The summed E-state index contributed by atoms with van der Waals surface area (Å²) in [6.45, 7) is 1.70. The van der Waals surface area contributed by atoms with Gasteiger partial charge in [0.2, 0.25) is 0 Å². The molecule has 2 N–H and O–H groups in total. The highest BCUT2D eigenvalue weighted by Gasteiger charge is 2.51. The van der Waals surface area contributed by atoms with E-state index in [4.69, 9.17) is 10.5 Å². The fourth-order valence-corrected chi connectivity index (χ4v) is 2.86. The van der Waals surface area contributed by atoms with Gasteiger partial charge in [0.15, 0.2) is 0 Å². The van der Waals surface area contributed by atoms with Gasteiger partial charge >= 0.3 is 11.9 Å². The van der Waals surface area contributed by atoms with Crippen molar-refractivity contribution in [1.29, 1.82) is 0 Å². The molecule has 3 rings (SSSR count). The maximum Gasteiger partial charge on any atom is 0.377 e. The van der Waals surface area contributed by atoms with Crippen molar-refractivity contribution in [2.24, 2.45) is 0 Å². The maximum absolute atomic E-state index is 13.1. The van der Waals surface area contributed by atoms with Crippen LogP contribution in [0, 0.1) is 0 Å². The fourth-order valence-electron chi connectivity index (χ4n) is 2.86. The van der Waals surface area contributed by atoms with Crippen LogP contribution in [-0.2, 0) is 22.5 Å². The zero-order valence-corrected chi connectivity index (χ0v) is 10.9. The molecule has 2 heterocycles. The summed E-state index contributed by atoms with van der Waals surface area (Å²) in [6, 6.07) is 5.79. The van der Waals surface area contributed by atoms with Gasteiger partial charge in [0.05, 0.1) is 6.42 Å². The van der Waals surface area contributed by atoms with Crippen LogP contribution in [0.5, 0.6) is 0 Å². The molecule has 2 aliphatic rings. The summed E-state index contributed by atoms with van der Waals surface area (Å²) in [4.78, 5) is 13.0. The number of rotatable bonds is 2. The minimum atomic E-state index is -3.34. The highest BCUT2D eigenvalue weighted by molar-refractivity contribution is 5.79. The molecule has 0 amide bonds. The zero-order valence-electron chi connectivity index (χ0n) is 10.9. The number of fused-ring (bicyclic) bond motifs is 1. The van der Waals surface area contributed by atoms with Gasteiger partial charge in [0.25, 0.3) is 0 Å². The Morgan fingerprint density at radius 2 is 2.25 bits per heavy atom. The minimum Gasteiger partial charge on any atom is -0.456 e. The number of halogens is 2. The number of benzene rings is 1. The Balaban J connectivity index is 1.67. The topological polar surface area (TPSA) is 55.6 Å². The first kappa shape index (κ1) is 13.3. The molecule has 6 heteroatoms. The van der Waals surface area contributed by atoms with Crippen LogP contribution in [0.3, 0.4) is 0 Å². The first-order valence-corrected chi connectivity index (χ1v) is 6.63. The lowest BCUT2D eigenvalue weighted by atomic mass is 9.98. The molecule has 0 aliphatic carbocycles. The van der Waals surface area contributed by atoms with Crippen LogP contribution >= 0.6 is 0 Å². The lowest BCUT2D eigenvalue weighted by Crippen LogP contribution is -2.37. The van der Waals surface area contributed by atoms with E-state index in [0.717, 1.165) is 24.2 Å². The molecule has 0 bridgehead atoms. The summed E-state index contributed by atoms with van der Waals surface area (Å²) in [7, 11) is 0. The molecule has 1 atom stereocenters. The third-order valence-electron chi connectivity index (χ3n) is 3.91. The Hall–Kier alpha value is -1.69. The maximum atomic E-state index is 13.1. The Kier molecular flexibility index (Phi) is 3.12. The number of nitrogens with two attached hydrogens (primary N) is 1. The fraction of sp³-hybridized carbons (Fsp3) is 0.500. The monoisotopic (exact) mass is 282 g/mol. The molecule has 0 aromatic heterocycles. The average molecular weight is 282 g/mol. The molecule has 0 radical (unpaired) electrons. The molecule has 1 unspecified atom stereocenters. The van der Waals surface area contributed by atoms with Crippen LogP contribution in [-0.4, -0.2) is 36.0 Å². The Morgan fingerprint density at radius 3 is 2.95 bits per heavy atom. The van der Waals surface area contributed by atoms with Crippen molar-refractivity contribution >= 4 is 11.7 Å². The van der Waals surface area contributed by atoms with E-state index in [1.165, 1.54) is 5.56 Å². The largest absolute Gasteiger partial charge is 0.456 e. The summed E-state index contributed by atoms with van der Waals surface area (Å²) in [5.41, 5.74) is 8.92. The molecule has 1 fully saturated rings. The second-order valence-electron chi connectivity index (χ2n) is 5.41. The van der Waals surface area contributed by atoms with E-state index >= 15 is 0 Å². The van der Waals surface area contributed by atoms with Crippen LogP contribution in [0.15, 0.2) is 18.2 Å². The molecular weight excluding hydrogens is 266 g/mol. The van der Waals surface area contributed by atoms with Crippen LogP contribution in [0.25, 0.3) is 0 Å². The van der Waals surface area contributed by atoms with Crippen LogP contribution in [0.1, 0.15) is 17.5 Å². The summed E-state index contributed by atoms with van der Waals surface area (Å²) in [5, 5.41) is 0. The van der Waals surface area contributed by atoms with Crippen molar-refractivity contribution in [3.63, 3.8) is 0 Å². The van der Waals surface area contributed by atoms with Gasteiger partial charge < -0.3 is 10.5 Å². The molecular formula is C14H16F2N2O2. The number of cyclic esters (lactones) is 1. The van der Waals surface area contributed by atoms with E-state index in [2.05, 4.69) is 0 Å². The third kappa shape index (κ3) is 2.35. The van der Waals surface area contributed by atoms with E-state index in [-0.39, 0.29) is 0 Å². The molecule has 4 nitrogen and oxygen atoms in total. The van der Waals surface area contributed by atoms with Crippen LogP contribution < -0.4 is 5.73 Å². The summed E-state index contributed by atoms with van der Waals surface area (Å²) < 4.78 is 31.0. The standard InChI is InChI=1S/C14H16F2N2O2/c15-14(16)6-10(20-13(14)19)7-18-5-4-9-2-1-3-12(17)11(9)8-18/h1-3,10H,4-8,17H2. The Labute approximate surface area is 115 Å². The Bertz CT molecular complexity index is 548. The number of hydrogen-bond donors (Lipinski definition) is 1. The highest BCUT2D eigenvalue weighted by Crippen LogP contribution is 2.32. The highest BCUT2D eigenvalue weighted by atomic mass is 19.3. The second-order valence-corrected chi connectivity index (χ2v) is 5.41. The summed E-state index contributed by atoms with van der Waals surface area (Å²) in [5.74, 6) is -4.74. The number of nitrogen functional groups attached to an aromatic ring is 1. The van der Waals surface area contributed by atoms with Crippen molar-refractivity contribution < 1.29 is 18.3 Å². The van der Waals surface area contributed by atoms with Gasteiger partial charge in [-0.1, -0.05) is 12.1 Å². The van der Waals surface area contributed by atoms with E-state index in [0.29, 0.717) is 13.1 Å². The second kappa shape index (κ2) is 4.70. The van der Waals surface area contributed by atoms with E-state index < -0.39 is 24.4 Å². The van der Waals surface area contributed by atoms with E-state index in [9.17, 15) is 13.6 Å². The number of hydrogen-bond acceptors (Lipinski definition) is 4. The van der Waals surface area contributed by atoms with Gasteiger partial charge in [0, 0.05) is 25.3 Å². The number of ether oxygens (including phenoxy) is 1. The van der Waals surface area contributed by atoms with E-state index in [1.54, 1.807) is 0 Å². The number of carbonyl (C=O) groups is 1. The SMILES string of the molecule is Nc1cccc2c1CN(CC1CC(F)(F)C(=O)O1)CC2. The van der Waals surface area contributed by atoms with Gasteiger partial charge in [-0.25, -0.2) is 4.79 Å². The molecule has 108 valence electrons. The number of nitrogens with zero attached hydrogens (tertiary/aromatic N) is 1. The van der Waals surface area contributed by atoms with Crippen molar-refractivity contribution in [2.75, 3.05) is 18.8 Å². The van der Waals surface area contributed by atoms with Gasteiger partial charge in [-0.2, -0.15) is 8.78 Å². The van der Waals surface area contributed by atoms with Gasteiger partial charge in [-0.15, -0.1) is 0 Å². The van der Waals surface area contributed by atoms with Gasteiger partial charge in [-0.05, 0) is 23.6 Å². The first-order chi connectivity index (χ1) is 9.45. The predicted molar refractivity (Wildman–Crippen MR) is 69.3 cm³/mol. The minimum absolute atomic E-state index is 0.328. The predicted octanol–water partition coefficient (Wildman–Crippen LogP) is 1.58. The number of alkyl halides is 2. The molecule has 0 saturated carbocycles. The molecule has 0 spiro atoms. The Morgan fingerprint density at radius 1 is 1.45 bits per heavy atom. The van der Waals surface area contributed by atoms with Crippen molar-refractivity contribution in [2.45, 2.75) is 31.4 Å². The van der Waals surface area contributed by atoms with Crippen molar-refractivity contribution in [3.8, 4) is 0 Å².